The first-order valence-electron chi connectivity index (χ1n) is 6.42. The number of rotatable bonds is 4. The molecule has 0 aliphatic rings. The molecule has 19 heavy (non-hydrogen) atoms. The van der Waals surface area contributed by atoms with Crippen LogP contribution in [0.4, 0.5) is 5.69 Å². The van der Waals surface area contributed by atoms with Crippen LogP contribution in [0.5, 0.6) is 5.75 Å². The van der Waals surface area contributed by atoms with E-state index in [1.807, 2.05) is 32.2 Å². The summed E-state index contributed by atoms with van der Waals surface area (Å²) in [7, 11) is 1.70. The van der Waals surface area contributed by atoms with Crippen molar-refractivity contribution in [3.63, 3.8) is 0 Å². The Morgan fingerprint density at radius 2 is 1.84 bits per heavy atom. The Kier molecular flexibility index (Phi) is 4.05. The minimum Gasteiger partial charge on any atom is -0.496 e. The van der Waals surface area contributed by atoms with E-state index >= 15 is 0 Å². The Bertz CT molecular complexity index is 579. The maximum Gasteiger partial charge on any atom is 0.128 e. The molecule has 100 valence electrons. The van der Waals surface area contributed by atoms with E-state index in [1.54, 1.807) is 7.11 Å². The molecule has 3 heteroatoms. The highest BCUT2D eigenvalue weighted by atomic mass is 16.5. The molecule has 0 spiro atoms. The highest BCUT2D eigenvalue weighted by molar-refractivity contribution is 5.51. The van der Waals surface area contributed by atoms with E-state index in [9.17, 15) is 0 Å². The number of aryl methyl sites for hydroxylation is 2. The maximum atomic E-state index is 5.42. The van der Waals surface area contributed by atoms with Gasteiger partial charge in [0.2, 0.25) is 0 Å². The summed E-state index contributed by atoms with van der Waals surface area (Å²) < 4.78 is 5.42. The summed E-state index contributed by atoms with van der Waals surface area (Å²) in [4.78, 5) is 4.49. The summed E-state index contributed by atoms with van der Waals surface area (Å²) in [6.07, 6.45) is 1.86. The number of anilines is 1. The van der Waals surface area contributed by atoms with Crippen molar-refractivity contribution in [1.29, 1.82) is 0 Å². The van der Waals surface area contributed by atoms with Crippen molar-refractivity contribution in [3.05, 3.63) is 52.8 Å². The number of nitrogens with zero attached hydrogens (tertiary/aromatic N) is 1. The van der Waals surface area contributed by atoms with Gasteiger partial charge in [-0.15, -0.1) is 0 Å². The van der Waals surface area contributed by atoms with Crippen LogP contribution in [-0.2, 0) is 6.54 Å². The van der Waals surface area contributed by atoms with Gasteiger partial charge in [-0.3, -0.25) is 4.98 Å². The van der Waals surface area contributed by atoms with Crippen LogP contribution in [0, 0.1) is 20.8 Å². The second-order valence-corrected chi connectivity index (χ2v) is 4.71. The summed E-state index contributed by atoms with van der Waals surface area (Å²) in [5.74, 6) is 0.927. The zero-order chi connectivity index (χ0) is 13.8. The van der Waals surface area contributed by atoms with Crippen molar-refractivity contribution in [1.82, 2.24) is 4.98 Å². The van der Waals surface area contributed by atoms with E-state index in [0.717, 1.165) is 28.3 Å². The lowest BCUT2D eigenvalue weighted by Gasteiger charge is -2.14. The van der Waals surface area contributed by atoms with Gasteiger partial charge < -0.3 is 10.1 Å². The molecule has 0 atom stereocenters. The van der Waals surface area contributed by atoms with Gasteiger partial charge in [-0.2, -0.15) is 0 Å². The Morgan fingerprint density at radius 1 is 1.11 bits per heavy atom. The first-order valence-corrected chi connectivity index (χ1v) is 6.42. The number of nitrogens with one attached hydrogen (secondary N) is 1. The van der Waals surface area contributed by atoms with Crippen LogP contribution in [0.2, 0.25) is 0 Å². The van der Waals surface area contributed by atoms with Gasteiger partial charge in [-0.25, -0.2) is 0 Å². The maximum absolute atomic E-state index is 5.42. The van der Waals surface area contributed by atoms with Crippen LogP contribution in [0.15, 0.2) is 30.5 Å². The third-order valence-corrected chi connectivity index (χ3v) is 3.34. The minimum absolute atomic E-state index is 0.702. The van der Waals surface area contributed by atoms with Crippen molar-refractivity contribution < 1.29 is 4.74 Å². The average molecular weight is 256 g/mol. The van der Waals surface area contributed by atoms with Gasteiger partial charge in [0, 0.05) is 23.0 Å². The number of pyridine rings is 1. The molecule has 1 N–H and O–H groups in total. The summed E-state index contributed by atoms with van der Waals surface area (Å²) in [6.45, 7) is 6.86. The third-order valence-electron chi connectivity index (χ3n) is 3.34. The quantitative estimate of drug-likeness (QED) is 0.907. The molecule has 0 aliphatic heterocycles. The zero-order valence-corrected chi connectivity index (χ0v) is 11.9. The lowest BCUT2D eigenvalue weighted by molar-refractivity contribution is 0.407. The van der Waals surface area contributed by atoms with E-state index in [-0.39, 0.29) is 0 Å². The Balaban J connectivity index is 2.19. The zero-order valence-electron chi connectivity index (χ0n) is 11.9. The van der Waals surface area contributed by atoms with Crippen LogP contribution in [0.1, 0.15) is 22.4 Å². The molecule has 0 saturated heterocycles. The number of aromatic nitrogens is 1. The van der Waals surface area contributed by atoms with E-state index in [1.165, 1.54) is 5.56 Å². The first-order chi connectivity index (χ1) is 9.13. The highest BCUT2D eigenvalue weighted by Crippen LogP contribution is 2.24. The average Bonchev–Trinajstić information content (AvgIpc) is 2.40. The standard InChI is InChI=1S/C16H20N2O/c1-11-7-5-6-8-14(11)18-10-15-13(3)16(19-4)12(2)9-17-15/h5-9,18H,10H2,1-4H3. The molecule has 1 aromatic carbocycles. The number of benzene rings is 1. The van der Waals surface area contributed by atoms with Gasteiger partial charge in [0.25, 0.3) is 0 Å². The molecule has 0 bridgehead atoms. The fourth-order valence-corrected chi connectivity index (χ4v) is 2.20. The summed E-state index contributed by atoms with van der Waals surface area (Å²) in [6, 6.07) is 8.25. The number of hydrogen-bond donors (Lipinski definition) is 1. The first kappa shape index (κ1) is 13.4. The predicted molar refractivity (Wildman–Crippen MR) is 78.8 cm³/mol. The topological polar surface area (TPSA) is 34.1 Å². The van der Waals surface area contributed by atoms with Crippen molar-refractivity contribution in [2.75, 3.05) is 12.4 Å². The number of para-hydroxylation sites is 1. The summed E-state index contributed by atoms with van der Waals surface area (Å²) >= 11 is 0. The molecule has 0 amide bonds. The van der Waals surface area contributed by atoms with Gasteiger partial charge in [0.05, 0.1) is 19.3 Å². The fourth-order valence-electron chi connectivity index (χ4n) is 2.20. The van der Waals surface area contributed by atoms with Crippen molar-refractivity contribution in [2.45, 2.75) is 27.3 Å². The minimum atomic E-state index is 0.702. The van der Waals surface area contributed by atoms with Gasteiger partial charge >= 0.3 is 0 Å². The molecular weight excluding hydrogens is 236 g/mol. The Morgan fingerprint density at radius 3 is 2.53 bits per heavy atom. The molecule has 3 nitrogen and oxygen atoms in total. The highest BCUT2D eigenvalue weighted by Gasteiger charge is 2.09. The molecule has 0 saturated carbocycles. The van der Waals surface area contributed by atoms with Gasteiger partial charge in [-0.1, -0.05) is 18.2 Å². The van der Waals surface area contributed by atoms with E-state index in [2.05, 4.69) is 29.4 Å². The van der Waals surface area contributed by atoms with Crippen LogP contribution in [-0.4, -0.2) is 12.1 Å². The van der Waals surface area contributed by atoms with Crippen LogP contribution in [0.3, 0.4) is 0 Å². The number of ether oxygens (including phenoxy) is 1. The number of methoxy groups -OCH3 is 1. The second kappa shape index (κ2) is 5.74. The van der Waals surface area contributed by atoms with E-state index in [0.29, 0.717) is 6.54 Å². The van der Waals surface area contributed by atoms with Crippen LogP contribution in [0.25, 0.3) is 0 Å². The number of hydrogen-bond acceptors (Lipinski definition) is 3. The molecule has 2 rings (SSSR count). The predicted octanol–water partition coefficient (Wildman–Crippen LogP) is 3.63. The monoisotopic (exact) mass is 256 g/mol. The largest absolute Gasteiger partial charge is 0.496 e. The van der Waals surface area contributed by atoms with Crippen molar-refractivity contribution in [3.8, 4) is 5.75 Å². The SMILES string of the molecule is COc1c(C)cnc(CNc2ccccc2C)c1C. The third kappa shape index (κ3) is 2.87. The Hall–Kier alpha value is -2.03. The molecular formula is C16H20N2O. The molecule has 1 aromatic heterocycles. The smallest absolute Gasteiger partial charge is 0.128 e. The molecule has 0 unspecified atom stereocenters. The van der Waals surface area contributed by atoms with E-state index < -0.39 is 0 Å². The molecule has 0 aliphatic carbocycles. The lowest BCUT2D eigenvalue weighted by atomic mass is 10.1. The van der Waals surface area contributed by atoms with Gasteiger partial charge in [0.15, 0.2) is 0 Å². The van der Waals surface area contributed by atoms with Gasteiger partial charge in [0.1, 0.15) is 5.75 Å². The summed E-state index contributed by atoms with van der Waals surface area (Å²) in [5, 5.41) is 3.42. The molecule has 0 fully saturated rings. The van der Waals surface area contributed by atoms with Gasteiger partial charge in [-0.05, 0) is 32.4 Å². The van der Waals surface area contributed by atoms with Crippen molar-refractivity contribution >= 4 is 5.69 Å². The van der Waals surface area contributed by atoms with Crippen LogP contribution >= 0.6 is 0 Å². The normalized spacial score (nSPS) is 10.3. The summed E-state index contributed by atoms with van der Waals surface area (Å²) in [5.41, 5.74) is 5.57. The van der Waals surface area contributed by atoms with Crippen molar-refractivity contribution in [2.24, 2.45) is 0 Å². The molecule has 1 heterocycles. The second-order valence-electron chi connectivity index (χ2n) is 4.71. The Labute approximate surface area is 114 Å². The van der Waals surface area contributed by atoms with Crippen LogP contribution < -0.4 is 10.1 Å². The fraction of sp³-hybridized carbons (Fsp3) is 0.312. The van der Waals surface area contributed by atoms with E-state index in [4.69, 9.17) is 4.74 Å². The lowest BCUT2D eigenvalue weighted by Crippen LogP contribution is -2.06. The molecule has 0 radical (unpaired) electrons. The molecule has 2 aromatic rings.